The molecule has 0 aromatic rings. The van der Waals surface area contributed by atoms with Gasteiger partial charge >= 0.3 is 0 Å². The zero-order valence-corrected chi connectivity index (χ0v) is 15.5. The lowest BCUT2D eigenvalue weighted by atomic mass is 10.00. The average molecular weight is 345 g/mol. The van der Waals surface area contributed by atoms with E-state index in [9.17, 15) is 13.2 Å². The normalized spacial score (nSPS) is 28.5. The van der Waals surface area contributed by atoms with Gasteiger partial charge in [0.2, 0.25) is 5.91 Å². The smallest absolute Gasteiger partial charge is 0.238 e. The minimum Gasteiger partial charge on any atom is -0.352 e. The van der Waals surface area contributed by atoms with Gasteiger partial charge in [0.15, 0.2) is 9.84 Å². The van der Waals surface area contributed by atoms with Gasteiger partial charge in [0.25, 0.3) is 0 Å². The SMILES string of the molecule is CC1CC(NC(=O)C(C(C)C)S(=O)(=O)C2CCCCC2)CCN1. The Morgan fingerprint density at radius 3 is 2.35 bits per heavy atom. The second kappa shape index (κ2) is 7.97. The van der Waals surface area contributed by atoms with Gasteiger partial charge in [0.05, 0.1) is 5.25 Å². The molecule has 3 atom stereocenters. The number of hydrogen-bond donors (Lipinski definition) is 2. The van der Waals surface area contributed by atoms with Crippen LogP contribution < -0.4 is 10.6 Å². The topological polar surface area (TPSA) is 75.3 Å². The number of carbonyl (C=O) groups is 1. The Morgan fingerprint density at radius 1 is 1.13 bits per heavy atom. The molecule has 2 fully saturated rings. The van der Waals surface area contributed by atoms with Crippen molar-refractivity contribution in [2.75, 3.05) is 6.54 Å². The Morgan fingerprint density at radius 2 is 1.78 bits per heavy atom. The van der Waals surface area contributed by atoms with E-state index in [2.05, 4.69) is 17.6 Å². The highest BCUT2D eigenvalue weighted by atomic mass is 32.2. The summed E-state index contributed by atoms with van der Waals surface area (Å²) in [6.45, 7) is 6.65. The van der Waals surface area contributed by atoms with Gasteiger partial charge in [0, 0.05) is 12.1 Å². The summed E-state index contributed by atoms with van der Waals surface area (Å²) in [5.74, 6) is -0.481. The van der Waals surface area contributed by atoms with Crippen LogP contribution in [0.25, 0.3) is 0 Å². The van der Waals surface area contributed by atoms with Crippen molar-refractivity contribution in [2.45, 2.75) is 88.3 Å². The molecule has 0 radical (unpaired) electrons. The lowest BCUT2D eigenvalue weighted by molar-refractivity contribution is -0.122. The molecule has 5 nitrogen and oxygen atoms in total. The molecular weight excluding hydrogens is 312 g/mol. The van der Waals surface area contributed by atoms with Crippen molar-refractivity contribution < 1.29 is 13.2 Å². The van der Waals surface area contributed by atoms with E-state index >= 15 is 0 Å². The fraction of sp³-hybridized carbons (Fsp3) is 0.941. The van der Waals surface area contributed by atoms with E-state index in [1.807, 2.05) is 13.8 Å². The van der Waals surface area contributed by atoms with E-state index in [1.165, 1.54) is 0 Å². The zero-order valence-electron chi connectivity index (χ0n) is 14.7. The van der Waals surface area contributed by atoms with Crippen molar-refractivity contribution in [1.82, 2.24) is 10.6 Å². The van der Waals surface area contributed by atoms with Gasteiger partial charge in [-0.3, -0.25) is 4.79 Å². The summed E-state index contributed by atoms with van der Waals surface area (Å²) in [7, 11) is -3.41. The first-order valence-electron chi connectivity index (χ1n) is 9.09. The first kappa shape index (κ1) is 18.7. The summed E-state index contributed by atoms with van der Waals surface area (Å²) >= 11 is 0. The number of amides is 1. The number of sulfone groups is 1. The van der Waals surface area contributed by atoms with Crippen LogP contribution in [-0.4, -0.2) is 43.5 Å². The third-order valence-electron chi connectivity index (χ3n) is 5.20. The maximum atomic E-state index is 13.0. The van der Waals surface area contributed by atoms with Crippen molar-refractivity contribution >= 4 is 15.7 Å². The number of piperidine rings is 1. The van der Waals surface area contributed by atoms with Crippen molar-refractivity contribution in [3.05, 3.63) is 0 Å². The standard InChI is InChI=1S/C17H32N2O3S/c1-12(2)16(23(21,22)15-7-5-4-6-8-15)17(20)19-14-9-10-18-13(3)11-14/h12-16,18H,4-11H2,1-3H3,(H,19,20). The number of hydrogen-bond acceptors (Lipinski definition) is 4. The first-order valence-corrected chi connectivity index (χ1v) is 10.7. The van der Waals surface area contributed by atoms with Crippen LogP contribution in [0.15, 0.2) is 0 Å². The monoisotopic (exact) mass is 344 g/mol. The second-order valence-electron chi connectivity index (χ2n) is 7.60. The minimum absolute atomic E-state index is 0.0848. The third-order valence-corrected chi connectivity index (χ3v) is 8.07. The Kier molecular flexibility index (Phi) is 6.48. The minimum atomic E-state index is -3.41. The fourth-order valence-electron chi connectivity index (χ4n) is 3.98. The van der Waals surface area contributed by atoms with Gasteiger partial charge in [-0.2, -0.15) is 0 Å². The Hall–Kier alpha value is -0.620. The van der Waals surface area contributed by atoms with E-state index < -0.39 is 15.1 Å². The quantitative estimate of drug-likeness (QED) is 0.800. The Balaban J connectivity index is 2.08. The lowest BCUT2D eigenvalue weighted by Gasteiger charge is -2.32. The summed E-state index contributed by atoms with van der Waals surface area (Å²) in [5, 5.41) is 5.13. The van der Waals surface area contributed by atoms with Crippen LogP contribution in [0.1, 0.15) is 65.7 Å². The molecule has 1 saturated carbocycles. The zero-order chi connectivity index (χ0) is 17.0. The summed E-state index contributed by atoms with van der Waals surface area (Å²) in [4.78, 5) is 12.7. The van der Waals surface area contributed by atoms with Crippen LogP contribution in [0, 0.1) is 5.92 Å². The maximum absolute atomic E-state index is 13.0. The molecule has 0 aromatic carbocycles. The molecule has 1 aliphatic carbocycles. The highest BCUT2D eigenvalue weighted by Crippen LogP contribution is 2.29. The Labute approximate surface area is 140 Å². The summed E-state index contributed by atoms with van der Waals surface area (Å²) < 4.78 is 26.0. The lowest BCUT2D eigenvalue weighted by Crippen LogP contribution is -2.53. The van der Waals surface area contributed by atoms with Crippen LogP contribution in [-0.2, 0) is 14.6 Å². The van der Waals surface area contributed by atoms with Gasteiger partial charge in [0.1, 0.15) is 5.25 Å². The highest BCUT2D eigenvalue weighted by Gasteiger charge is 2.41. The van der Waals surface area contributed by atoms with Crippen molar-refractivity contribution in [3.63, 3.8) is 0 Å². The summed E-state index contributed by atoms with van der Waals surface area (Å²) in [6, 6.07) is 0.447. The molecule has 1 saturated heterocycles. The molecule has 0 bridgehead atoms. The van der Waals surface area contributed by atoms with Crippen LogP contribution >= 0.6 is 0 Å². The van der Waals surface area contributed by atoms with Crippen LogP contribution in [0.5, 0.6) is 0 Å². The number of rotatable bonds is 5. The van der Waals surface area contributed by atoms with E-state index in [4.69, 9.17) is 0 Å². The molecule has 2 rings (SSSR count). The molecular formula is C17H32N2O3S. The van der Waals surface area contributed by atoms with E-state index in [0.717, 1.165) is 38.6 Å². The molecule has 134 valence electrons. The molecule has 2 aliphatic rings. The molecule has 3 unspecified atom stereocenters. The number of carbonyl (C=O) groups excluding carboxylic acids is 1. The summed E-state index contributed by atoms with van der Waals surface area (Å²) in [5.41, 5.74) is 0. The largest absolute Gasteiger partial charge is 0.352 e. The Bertz CT molecular complexity index is 498. The molecule has 0 aromatic heterocycles. The third kappa shape index (κ3) is 4.69. The van der Waals surface area contributed by atoms with Gasteiger partial charge in [-0.05, 0) is 45.1 Å². The first-order chi connectivity index (χ1) is 10.8. The number of nitrogens with one attached hydrogen (secondary N) is 2. The predicted octanol–water partition coefficient (Wildman–Crippen LogP) is 2.02. The molecule has 2 N–H and O–H groups in total. The van der Waals surface area contributed by atoms with E-state index in [0.29, 0.717) is 18.9 Å². The highest BCUT2D eigenvalue weighted by molar-refractivity contribution is 7.93. The summed E-state index contributed by atoms with van der Waals surface area (Å²) in [6.07, 6.45) is 6.18. The average Bonchev–Trinajstić information content (AvgIpc) is 2.47. The van der Waals surface area contributed by atoms with Gasteiger partial charge in [-0.1, -0.05) is 33.1 Å². The van der Waals surface area contributed by atoms with Crippen LogP contribution in [0.3, 0.4) is 0 Å². The maximum Gasteiger partial charge on any atom is 0.238 e. The van der Waals surface area contributed by atoms with E-state index in [1.54, 1.807) is 0 Å². The molecule has 1 heterocycles. The van der Waals surface area contributed by atoms with Crippen molar-refractivity contribution in [1.29, 1.82) is 0 Å². The molecule has 0 spiro atoms. The van der Waals surface area contributed by atoms with Crippen molar-refractivity contribution in [3.8, 4) is 0 Å². The molecule has 1 aliphatic heterocycles. The second-order valence-corrected chi connectivity index (χ2v) is 9.95. The van der Waals surface area contributed by atoms with Gasteiger partial charge in [-0.15, -0.1) is 0 Å². The predicted molar refractivity (Wildman–Crippen MR) is 93.0 cm³/mol. The molecule has 6 heteroatoms. The van der Waals surface area contributed by atoms with E-state index in [-0.39, 0.29) is 23.1 Å². The van der Waals surface area contributed by atoms with Gasteiger partial charge < -0.3 is 10.6 Å². The molecule has 1 amide bonds. The van der Waals surface area contributed by atoms with Crippen LogP contribution in [0.2, 0.25) is 0 Å². The van der Waals surface area contributed by atoms with Crippen molar-refractivity contribution in [2.24, 2.45) is 5.92 Å². The van der Waals surface area contributed by atoms with Crippen LogP contribution in [0.4, 0.5) is 0 Å². The fourth-order valence-corrected chi connectivity index (χ4v) is 6.51. The van der Waals surface area contributed by atoms with Gasteiger partial charge in [-0.25, -0.2) is 8.42 Å². The molecule has 23 heavy (non-hydrogen) atoms.